The molecule has 2 aromatic rings. The maximum Gasteiger partial charge on any atom is 0.233 e. The van der Waals surface area contributed by atoms with Gasteiger partial charge in [-0.05, 0) is 25.3 Å². The molecule has 2 heterocycles. The van der Waals surface area contributed by atoms with Crippen molar-refractivity contribution in [1.82, 2.24) is 24.6 Å². The second-order valence-electron chi connectivity index (χ2n) is 7.37. The van der Waals surface area contributed by atoms with E-state index in [0.29, 0.717) is 38.5 Å². The number of nitrogens with zero attached hydrogens (tertiary/aromatic N) is 5. The van der Waals surface area contributed by atoms with E-state index in [-0.39, 0.29) is 17.7 Å². The first kappa shape index (κ1) is 19.0. The van der Waals surface area contributed by atoms with Crippen LogP contribution in [-0.2, 0) is 16.1 Å². The van der Waals surface area contributed by atoms with Gasteiger partial charge in [-0.15, -0.1) is 10.2 Å². The number of amides is 2. The average molecular weight is 400 g/mol. The SMILES string of the molecule is Cc1nnc(SCC(=O)N2CCN(C(=O)C3CC3)CC2)n1Cc1ccccc1. The van der Waals surface area contributed by atoms with Crippen LogP contribution in [0.25, 0.3) is 0 Å². The first-order valence-corrected chi connectivity index (χ1v) is 10.7. The molecule has 28 heavy (non-hydrogen) atoms. The first-order valence-electron chi connectivity index (χ1n) is 9.75. The van der Waals surface area contributed by atoms with Crippen LogP contribution in [0, 0.1) is 12.8 Å². The Kier molecular flexibility index (Phi) is 5.66. The molecule has 2 amide bonds. The minimum atomic E-state index is 0.0930. The Morgan fingerprint density at radius 1 is 1.04 bits per heavy atom. The van der Waals surface area contributed by atoms with Crippen LogP contribution in [0.5, 0.6) is 0 Å². The molecule has 0 atom stereocenters. The van der Waals surface area contributed by atoms with Crippen LogP contribution in [0.15, 0.2) is 35.5 Å². The number of piperazine rings is 1. The van der Waals surface area contributed by atoms with E-state index in [1.807, 2.05) is 39.5 Å². The standard InChI is InChI=1S/C20H25N5O2S/c1-15-21-22-20(25(15)13-16-5-3-2-4-6-16)28-14-18(26)23-9-11-24(12-10-23)19(27)17-7-8-17/h2-6,17H,7-14H2,1H3. The van der Waals surface area contributed by atoms with E-state index in [9.17, 15) is 9.59 Å². The first-order chi connectivity index (χ1) is 13.6. The lowest BCUT2D eigenvalue weighted by atomic mass is 10.2. The molecule has 0 radical (unpaired) electrons. The third kappa shape index (κ3) is 4.38. The van der Waals surface area contributed by atoms with Crippen LogP contribution in [0.2, 0.25) is 0 Å². The maximum absolute atomic E-state index is 12.6. The average Bonchev–Trinajstić information content (AvgIpc) is 3.52. The van der Waals surface area contributed by atoms with Crippen molar-refractivity contribution < 1.29 is 9.59 Å². The lowest BCUT2D eigenvalue weighted by Gasteiger charge is -2.34. The van der Waals surface area contributed by atoms with Crippen molar-refractivity contribution in [3.8, 4) is 0 Å². The quantitative estimate of drug-likeness (QED) is 0.693. The number of rotatable bonds is 6. The highest BCUT2D eigenvalue weighted by Gasteiger charge is 2.35. The molecule has 0 unspecified atom stereocenters. The summed E-state index contributed by atoms with van der Waals surface area (Å²) in [6.07, 6.45) is 2.05. The second-order valence-corrected chi connectivity index (χ2v) is 8.31. The monoisotopic (exact) mass is 399 g/mol. The molecule has 148 valence electrons. The smallest absolute Gasteiger partial charge is 0.233 e. The van der Waals surface area contributed by atoms with E-state index in [4.69, 9.17) is 0 Å². The van der Waals surface area contributed by atoms with E-state index in [1.54, 1.807) is 0 Å². The summed E-state index contributed by atoms with van der Waals surface area (Å²) in [5.41, 5.74) is 1.18. The zero-order valence-corrected chi connectivity index (χ0v) is 16.9. The van der Waals surface area contributed by atoms with Gasteiger partial charge in [0, 0.05) is 32.1 Å². The second kappa shape index (κ2) is 8.34. The van der Waals surface area contributed by atoms with Crippen LogP contribution in [-0.4, -0.2) is 68.3 Å². The lowest BCUT2D eigenvalue weighted by molar-refractivity contribution is -0.139. The summed E-state index contributed by atoms with van der Waals surface area (Å²) < 4.78 is 2.04. The van der Waals surface area contributed by atoms with Crippen molar-refractivity contribution in [3.63, 3.8) is 0 Å². The number of benzene rings is 1. The lowest BCUT2D eigenvalue weighted by Crippen LogP contribution is -2.51. The molecular formula is C20H25N5O2S. The molecule has 0 spiro atoms. The molecule has 1 aliphatic heterocycles. The molecule has 1 aromatic heterocycles. The Balaban J connectivity index is 1.30. The molecule has 0 N–H and O–H groups in total. The predicted octanol–water partition coefficient (Wildman–Crippen LogP) is 1.81. The number of carbonyl (C=O) groups excluding carboxylic acids is 2. The fourth-order valence-electron chi connectivity index (χ4n) is 3.40. The minimum absolute atomic E-state index is 0.0930. The molecule has 4 rings (SSSR count). The maximum atomic E-state index is 12.6. The fourth-order valence-corrected chi connectivity index (χ4v) is 4.28. The minimum Gasteiger partial charge on any atom is -0.339 e. The summed E-state index contributed by atoms with van der Waals surface area (Å²) in [5.74, 6) is 1.79. The van der Waals surface area contributed by atoms with E-state index in [2.05, 4.69) is 22.3 Å². The zero-order chi connectivity index (χ0) is 19.5. The molecule has 0 bridgehead atoms. The number of hydrogen-bond acceptors (Lipinski definition) is 5. The summed E-state index contributed by atoms with van der Waals surface area (Å²) in [4.78, 5) is 28.5. The van der Waals surface area contributed by atoms with Gasteiger partial charge in [0.2, 0.25) is 11.8 Å². The van der Waals surface area contributed by atoms with Gasteiger partial charge in [-0.3, -0.25) is 9.59 Å². The normalized spacial score (nSPS) is 17.0. The fraction of sp³-hybridized carbons (Fsp3) is 0.500. The molecule has 1 aromatic carbocycles. The van der Waals surface area contributed by atoms with Crippen LogP contribution >= 0.6 is 11.8 Å². The Bertz CT molecular complexity index is 842. The molecule has 1 aliphatic carbocycles. The van der Waals surface area contributed by atoms with E-state index >= 15 is 0 Å². The summed E-state index contributed by atoms with van der Waals surface area (Å²) in [6.45, 7) is 5.15. The van der Waals surface area contributed by atoms with Gasteiger partial charge >= 0.3 is 0 Å². The molecular weight excluding hydrogens is 374 g/mol. The molecule has 7 nitrogen and oxygen atoms in total. The van der Waals surface area contributed by atoms with Crippen molar-refractivity contribution in [2.75, 3.05) is 31.9 Å². The Morgan fingerprint density at radius 2 is 1.71 bits per heavy atom. The van der Waals surface area contributed by atoms with Crippen molar-refractivity contribution in [2.24, 2.45) is 5.92 Å². The van der Waals surface area contributed by atoms with Gasteiger partial charge in [-0.25, -0.2) is 0 Å². The van der Waals surface area contributed by atoms with Crippen LogP contribution in [0.4, 0.5) is 0 Å². The van der Waals surface area contributed by atoms with Crippen LogP contribution < -0.4 is 0 Å². The van der Waals surface area contributed by atoms with Gasteiger partial charge in [0.05, 0.1) is 12.3 Å². The van der Waals surface area contributed by atoms with E-state index < -0.39 is 0 Å². The topological polar surface area (TPSA) is 71.3 Å². The number of aromatic nitrogens is 3. The number of thioether (sulfide) groups is 1. The summed E-state index contributed by atoms with van der Waals surface area (Å²) in [7, 11) is 0. The van der Waals surface area contributed by atoms with Crippen molar-refractivity contribution in [1.29, 1.82) is 0 Å². The molecule has 1 saturated heterocycles. The third-order valence-corrected chi connectivity index (χ3v) is 6.23. The highest BCUT2D eigenvalue weighted by atomic mass is 32.2. The number of carbonyl (C=O) groups is 2. The van der Waals surface area contributed by atoms with Crippen molar-refractivity contribution in [2.45, 2.75) is 31.5 Å². The summed E-state index contributed by atoms with van der Waals surface area (Å²) >= 11 is 1.43. The predicted molar refractivity (Wildman–Crippen MR) is 107 cm³/mol. The van der Waals surface area contributed by atoms with Crippen molar-refractivity contribution in [3.05, 3.63) is 41.7 Å². The van der Waals surface area contributed by atoms with E-state index in [1.165, 1.54) is 17.3 Å². The highest BCUT2D eigenvalue weighted by molar-refractivity contribution is 7.99. The number of hydrogen-bond donors (Lipinski definition) is 0. The van der Waals surface area contributed by atoms with Gasteiger partial charge in [0.25, 0.3) is 0 Å². The largest absolute Gasteiger partial charge is 0.339 e. The zero-order valence-electron chi connectivity index (χ0n) is 16.1. The van der Waals surface area contributed by atoms with Crippen LogP contribution in [0.3, 0.4) is 0 Å². The van der Waals surface area contributed by atoms with Gasteiger partial charge in [0.1, 0.15) is 5.82 Å². The summed E-state index contributed by atoms with van der Waals surface area (Å²) in [5, 5.41) is 9.18. The Morgan fingerprint density at radius 3 is 2.39 bits per heavy atom. The molecule has 2 aliphatic rings. The van der Waals surface area contributed by atoms with E-state index in [0.717, 1.165) is 23.8 Å². The van der Waals surface area contributed by atoms with Gasteiger partial charge < -0.3 is 14.4 Å². The van der Waals surface area contributed by atoms with Gasteiger partial charge in [-0.1, -0.05) is 42.1 Å². The third-order valence-electron chi connectivity index (χ3n) is 5.28. The molecule has 1 saturated carbocycles. The van der Waals surface area contributed by atoms with Crippen molar-refractivity contribution >= 4 is 23.6 Å². The molecule has 8 heteroatoms. The van der Waals surface area contributed by atoms with Crippen LogP contribution in [0.1, 0.15) is 24.2 Å². The highest BCUT2D eigenvalue weighted by Crippen LogP contribution is 2.31. The summed E-state index contributed by atoms with van der Waals surface area (Å²) in [6, 6.07) is 10.2. The Hall–Kier alpha value is -2.35. The Labute approximate surface area is 169 Å². The van der Waals surface area contributed by atoms with Gasteiger partial charge in [0.15, 0.2) is 5.16 Å². The number of aryl methyl sites for hydroxylation is 1. The van der Waals surface area contributed by atoms with Gasteiger partial charge in [-0.2, -0.15) is 0 Å². The molecule has 2 fully saturated rings.